The molecule has 0 bridgehead atoms. The summed E-state index contributed by atoms with van der Waals surface area (Å²) in [7, 11) is 1.57. The zero-order valence-corrected chi connectivity index (χ0v) is 17.8. The van der Waals surface area contributed by atoms with Gasteiger partial charge in [0.15, 0.2) is 11.6 Å². The highest BCUT2D eigenvalue weighted by Crippen LogP contribution is 2.33. The second-order valence-electron chi connectivity index (χ2n) is 8.02. The van der Waals surface area contributed by atoms with E-state index in [0.717, 1.165) is 0 Å². The quantitative estimate of drug-likeness (QED) is 0.525. The van der Waals surface area contributed by atoms with Crippen molar-refractivity contribution in [1.29, 1.82) is 0 Å². The fourth-order valence-corrected chi connectivity index (χ4v) is 4.38. The highest BCUT2D eigenvalue weighted by Gasteiger charge is 2.37. The Labute approximate surface area is 190 Å². The minimum absolute atomic E-state index is 0.0581. The van der Waals surface area contributed by atoms with Crippen LogP contribution in [0.3, 0.4) is 0 Å². The predicted octanol–water partition coefficient (Wildman–Crippen LogP) is 3.46. The third-order valence-electron chi connectivity index (χ3n) is 6.09. The first-order valence-corrected chi connectivity index (χ1v) is 10.5. The molecule has 1 heterocycles. The van der Waals surface area contributed by atoms with Gasteiger partial charge in [0, 0.05) is 35.3 Å². The number of anilines is 2. The van der Waals surface area contributed by atoms with Gasteiger partial charge in [-0.05, 0) is 30.3 Å². The molecule has 1 aliphatic heterocycles. The lowest BCUT2D eigenvalue weighted by Crippen LogP contribution is -2.29. The number of rotatable bonds is 4. The van der Waals surface area contributed by atoms with Gasteiger partial charge in [-0.25, -0.2) is 0 Å². The molecule has 2 aliphatic rings. The smallest absolute Gasteiger partial charge is 0.229 e. The summed E-state index contributed by atoms with van der Waals surface area (Å²) < 4.78 is 5.15. The summed E-state index contributed by atoms with van der Waals surface area (Å²) in [4.78, 5) is 53.2. The van der Waals surface area contributed by atoms with Gasteiger partial charge < -0.3 is 15.0 Å². The van der Waals surface area contributed by atoms with Gasteiger partial charge in [-0.2, -0.15) is 0 Å². The Balaban J connectivity index is 1.38. The van der Waals surface area contributed by atoms with Crippen molar-refractivity contribution in [2.75, 3.05) is 23.9 Å². The third kappa shape index (κ3) is 3.47. The molecule has 1 unspecified atom stereocenters. The molecule has 7 heteroatoms. The summed E-state index contributed by atoms with van der Waals surface area (Å²) in [5.41, 5.74) is 2.09. The average Bonchev–Trinajstić information content (AvgIpc) is 3.24. The van der Waals surface area contributed by atoms with Gasteiger partial charge >= 0.3 is 0 Å². The first-order chi connectivity index (χ1) is 16.0. The number of hydrogen-bond acceptors (Lipinski definition) is 5. The number of hydrogen-bond donors (Lipinski definition) is 1. The number of amides is 2. The molecule has 7 nitrogen and oxygen atoms in total. The van der Waals surface area contributed by atoms with E-state index in [1.165, 1.54) is 0 Å². The van der Waals surface area contributed by atoms with Gasteiger partial charge in [-0.15, -0.1) is 0 Å². The van der Waals surface area contributed by atoms with Crippen molar-refractivity contribution in [1.82, 2.24) is 0 Å². The molecular weight excluding hydrogens is 420 g/mol. The maximum Gasteiger partial charge on any atom is 0.229 e. The van der Waals surface area contributed by atoms with Crippen molar-refractivity contribution in [2.24, 2.45) is 5.92 Å². The maximum absolute atomic E-state index is 13.1. The Morgan fingerprint density at radius 1 is 0.879 bits per heavy atom. The molecule has 1 fully saturated rings. The topological polar surface area (TPSA) is 92.8 Å². The normalized spacial score (nSPS) is 16.9. The van der Waals surface area contributed by atoms with Gasteiger partial charge in [0.25, 0.3) is 0 Å². The molecule has 164 valence electrons. The lowest BCUT2D eigenvalue weighted by molar-refractivity contribution is -0.122. The van der Waals surface area contributed by atoms with Crippen molar-refractivity contribution in [2.45, 2.75) is 6.42 Å². The predicted molar refractivity (Wildman–Crippen MR) is 122 cm³/mol. The molecule has 2 amide bonds. The van der Waals surface area contributed by atoms with Crippen LogP contribution >= 0.6 is 0 Å². The van der Waals surface area contributed by atoms with Crippen molar-refractivity contribution < 1.29 is 23.9 Å². The fourth-order valence-electron chi connectivity index (χ4n) is 4.38. The van der Waals surface area contributed by atoms with E-state index in [-0.39, 0.29) is 53.2 Å². The number of benzene rings is 3. The Morgan fingerprint density at radius 2 is 1.55 bits per heavy atom. The molecule has 3 aromatic carbocycles. The first-order valence-electron chi connectivity index (χ1n) is 10.5. The highest BCUT2D eigenvalue weighted by molar-refractivity contribution is 6.30. The molecule has 5 rings (SSSR count). The molecule has 0 saturated carbocycles. The summed E-state index contributed by atoms with van der Waals surface area (Å²) in [5.74, 6) is -0.995. The zero-order valence-electron chi connectivity index (χ0n) is 17.8. The Hall–Kier alpha value is -4.26. The van der Waals surface area contributed by atoms with E-state index >= 15 is 0 Å². The van der Waals surface area contributed by atoms with Crippen LogP contribution < -0.4 is 15.0 Å². The van der Waals surface area contributed by atoms with E-state index in [4.69, 9.17) is 4.74 Å². The Kier molecular flexibility index (Phi) is 5.01. The van der Waals surface area contributed by atoms with E-state index in [0.29, 0.717) is 22.6 Å². The fraction of sp³-hybridized carbons (Fsp3) is 0.154. The SMILES string of the molecule is COc1ccc(N2CC(C(=O)Nc3cccc4c3C(=O)c3ccccc3C4=O)CC2=O)cc1. The molecule has 33 heavy (non-hydrogen) atoms. The standard InChI is InChI=1S/C26H20N2O5/c1-33-17-11-9-16(10-12-17)28-14-15(13-22(28)29)26(32)27-21-8-4-7-20-23(21)25(31)19-6-3-2-5-18(19)24(20)30/h2-12,15H,13-14H2,1H3,(H,27,32). The van der Waals surface area contributed by atoms with Crippen LogP contribution in [0.4, 0.5) is 11.4 Å². The zero-order chi connectivity index (χ0) is 23.1. The molecule has 0 aromatic heterocycles. The summed E-state index contributed by atoms with van der Waals surface area (Å²) in [6.45, 7) is 0.224. The largest absolute Gasteiger partial charge is 0.497 e. The second-order valence-corrected chi connectivity index (χ2v) is 8.02. The van der Waals surface area contributed by atoms with E-state index in [2.05, 4.69) is 5.32 Å². The van der Waals surface area contributed by atoms with E-state index in [1.54, 1.807) is 78.7 Å². The molecule has 1 atom stereocenters. The number of nitrogens with zero attached hydrogens (tertiary/aromatic N) is 1. The van der Waals surface area contributed by atoms with Crippen LogP contribution in [0.2, 0.25) is 0 Å². The summed E-state index contributed by atoms with van der Waals surface area (Å²) in [6.07, 6.45) is 0.0581. The van der Waals surface area contributed by atoms with E-state index in [9.17, 15) is 19.2 Å². The molecule has 1 N–H and O–H groups in total. The average molecular weight is 440 g/mol. The second kappa shape index (κ2) is 8.02. The van der Waals surface area contributed by atoms with Crippen LogP contribution in [0, 0.1) is 5.92 Å². The van der Waals surface area contributed by atoms with Gasteiger partial charge in [-0.3, -0.25) is 19.2 Å². The van der Waals surface area contributed by atoms with Crippen LogP contribution in [0.5, 0.6) is 5.75 Å². The summed E-state index contributed by atoms with van der Waals surface area (Å²) in [6, 6.07) is 18.5. The van der Waals surface area contributed by atoms with Gasteiger partial charge in [0.2, 0.25) is 11.8 Å². The van der Waals surface area contributed by atoms with Crippen LogP contribution in [0.25, 0.3) is 0 Å². The summed E-state index contributed by atoms with van der Waals surface area (Å²) >= 11 is 0. The molecule has 1 saturated heterocycles. The number of carbonyl (C=O) groups excluding carboxylic acids is 4. The summed E-state index contributed by atoms with van der Waals surface area (Å²) in [5, 5.41) is 2.79. The highest BCUT2D eigenvalue weighted by atomic mass is 16.5. The number of ketones is 2. The van der Waals surface area contributed by atoms with Gasteiger partial charge in [0.05, 0.1) is 24.3 Å². The number of nitrogens with one attached hydrogen (secondary N) is 1. The van der Waals surface area contributed by atoms with Gasteiger partial charge in [-0.1, -0.05) is 36.4 Å². The maximum atomic E-state index is 13.1. The number of carbonyl (C=O) groups is 4. The molecule has 3 aromatic rings. The van der Waals surface area contributed by atoms with E-state index in [1.807, 2.05) is 0 Å². The lowest BCUT2D eigenvalue weighted by Gasteiger charge is -2.21. The van der Waals surface area contributed by atoms with Crippen molar-refractivity contribution in [3.8, 4) is 5.75 Å². The Morgan fingerprint density at radius 3 is 2.24 bits per heavy atom. The number of fused-ring (bicyclic) bond motifs is 2. The lowest BCUT2D eigenvalue weighted by atomic mass is 9.83. The number of methoxy groups -OCH3 is 1. The first kappa shape index (κ1) is 20.6. The van der Waals surface area contributed by atoms with Gasteiger partial charge in [0.1, 0.15) is 5.75 Å². The monoisotopic (exact) mass is 440 g/mol. The Bertz CT molecular complexity index is 1310. The number of ether oxygens (including phenoxy) is 1. The minimum Gasteiger partial charge on any atom is -0.497 e. The third-order valence-corrected chi connectivity index (χ3v) is 6.09. The van der Waals surface area contributed by atoms with Crippen LogP contribution in [0.1, 0.15) is 38.3 Å². The van der Waals surface area contributed by atoms with Crippen molar-refractivity contribution in [3.63, 3.8) is 0 Å². The van der Waals surface area contributed by atoms with Crippen LogP contribution in [-0.4, -0.2) is 37.0 Å². The van der Waals surface area contributed by atoms with Crippen LogP contribution in [-0.2, 0) is 9.59 Å². The van der Waals surface area contributed by atoms with E-state index < -0.39 is 5.92 Å². The van der Waals surface area contributed by atoms with Crippen molar-refractivity contribution >= 4 is 34.8 Å². The molecular formula is C26H20N2O5. The molecule has 0 spiro atoms. The van der Waals surface area contributed by atoms with Crippen molar-refractivity contribution in [3.05, 3.63) is 89.0 Å². The molecule has 0 radical (unpaired) electrons. The van der Waals surface area contributed by atoms with Crippen LogP contribution in [0.15, 0.2) is 66.7 Å². The minimum atomic E-state index is -0.586. The molecule has 1 aliphatic carbocycles.